The minimum absolute atomic E-state index is 1.07. The highest BCUT2D eigenvalue weighted by Gasteiger charge is 2.15. The van der Waals surface area contributed by atoms with Crippen LogP contribution in [0.2, 0.25) is 0 Å². The topological polar surface area (TPSA) is 22.8 Å². The second-order valence-corrected chi connectivity index (χ2v) is 9.72. The summed E-state index contributed by atoms with van der Waals surface area (Å²) >= 11 is 0. The lowest BCUT2D eigenvalue weighted by atomic mass is 10.0. The van der Waals surface area contributed by atoms with E-state index in [-0.39, 0.29) is 0 Å². The minimum atomic E-state index is 1.07. The predicted octanol–water partition coefficient (Wildman–Crippen LogP) is 8.94. The Bertz CT molecular complexity index is 2120. The van der Waals surface area contributed by atoms with Crippen LogP contribution in [-0.2, 0) is 0 Å². The van der Waals surface area contributed by atoms with E-state index in [1.165, 1.54) is 60.4 Å². The van der Waals surface area contributed by atoms with Gasteiger partial charge in [0.2, 0.25) is 0 Å². The molecule has 0 saturated heterocycles. The highest BCUT2D eigenvalue weighted by Crippen LogP contribution is 2.37. The van der Waals surface area contributed by atoms with E-state index >= 15 is 0 Å². The zero-order valence-electron chi connectivity index (χ0n) is 20.6. The number of hydrogen-bond donors (Lipinski definition) is 0. The molecule has 0 N–H and O–H groups in total. The molecule has 178 valence electrons. The summed E-state index contributed by atoms with van der Waals surface area (Å²) in [5.74, 6) is 0. The molecule has 8 aromatic rings. The SMILES string of the molecule is c1ccc(-n2c3ccccc3c3ccc(-c4ccc5c(c4)c4ccccc4n5-c4cccnc4)cc32)cc1. The summed E-state index contributed by atoms with van der Waals surface area (Å²) in [6.07, 6.45) is 3.75. The number of aromatic nitrogens is 3. The summed E-state index contributed by atoms with van der Waals surface area (Å²) in [7, 11) is 0. The van der Waals surface area contributed by atoms with Crippen LogP contribution in [0.15, 0.2) is 140 Å². The van der Waals surface area contributed by atoms with E-state index in [4.69, 9.17) is 0 Å². The van der Waals surface area contributed by atoms with E-state index in [0.29, 0.717) is 0 Å². The average Bonchev–Trinajstić information content (AvgIpc) is 3.50. The molecule has 3 aromatic heterocycles. The molecule has 0 atom stereocenters. The first-order chi connectivity index (χ1) is 18.9. The van der Waals surface area contributed by atoms with Gasteiger partial charge in [-0.1, -0.05) is 72.8 Å². The molecule has 0 spiro atoms. The molecule has 0 saturated carbocycles. The maximum Gasteiger partial charge on any atom is 0.0645 e. The first-order valence-corrected chi connectivity index (χ1v) is 12.9. The summed E-state index contributed by atoms with van der Waals surface area (Å²) in [5, 5.41) is 5.02. The van der Waals surface area contributed by atoms with Gasteiger partial charge in [-0.3, -0.25) is 4.98 Å². The van der Waals surface area contributed by atoms with Crippen LogP contribution in [0.3, 0.4) is 0 Å². The van der Waals surface area contributed by atoms with Crippen LogP contribution in [0.1, 0.15) is 0 Å². The van der Waals surface area contributed by atoms with Crippen molar-refractivity contribution in [1.29, 1.82) is 0 Å². The Morgan fingerprint density at radius 3 is 1.74 bits per heavy atom. The molecule has 0 fully saturated rings. The van der Waals surface area contributed by atoms with Gasteiger partial charge in [-0.05, 0) is 65.7 Å². The predicted molar refractivity (Wildman–Crippen MR) is 158 cm³/mol. The second-order valence-electron chi connectivity index (χ2n) is 9.72. The summed E-state index contributed by atoms with van der Waals surface area (Å²) < 4.78 is 4.68. The zero-order valence-corrected chi connectivity index (χ0v) is 20.6. The lowest BCUT2D eigenvalue weighted by Crippen LogP contribution is -1.94. The molecular weight excluding hydrogens is 462 g/mol. The van der Waals surface area contributed by atoms with E-state index in [1.807, 2.05) is 18.5 Å². The maximum absolute atomic E-state index is 4.38. The molecule has 0 unspecified atom stereocenters. The summed E-state index contributed by atoms with van der Waals surface area (Å²) in [4.78, 5) is 4.38. The van der Waals surface area contributed by atoms with Gasteiger partial charge in [0.15, 0.2) is 0 Å². The third kappa shape index (κ3) is 3.06. The van der Waals surface area contributed by atoms with Crippen molar-refractivity contribution in [2.75, 3.05) is 0 Å². The first-order valence-electron chi connectivity index (χ1n) is 12.9. The van der Waals surface area contributed by atoms with E-state index in [1.54, 1.807) is 0 Å². The number of pyridine rings is 1. The van der Waals surface area contributed by atoms with E-state index in [0.717, 1.165) is 5.69 Å². The Hall–Kier alpha value is -5.15. The van der Waals surface area contributed by atoms with Crippen molar-refractivity contribution >= 4 is 43.6 Å². The monoisotopic (exact) mass is 485 g/mol. The van der Waals surface area contributed by atoms with Gasteiger partial charge in [0.05, 0.1) is 34.0 Å². The average molecular weight is 486 g/mol. The van der Waals surface area contributed by atoms with Gasteiger partial charge in [0.25, 0.3) is 0 Å². The molecule has 5 aromatic carbocycles. The lowest BCUT2D eigenvalue weighted by Gasteiger charge is -2.10. The normalized spacial score (nSPS) is 11.7. The molecule has 0 aliphatic rings. The largest absolute Gasteiger partial charge is 0.309 e. The number of fused-ring (bicyclic) bond motifs is 6. The number of nitrogens with zero attached hydrogens (tertiary/aromatic N) is 3. The fraction of sp³-hybridized carbons (Fsp3) is 0. The van der Waals surface area contributed by atoms with Gasteiger partial charge in [-0.15, -0.1) is 0 Å². The van der Waals surface area contributed by atoms with E-state index in [2.05, 4.69) is 135 Å². The highest BCUT2D eigenvalue weighted by molar-refractivity contribution is 6.12. The van der Waals surface area contributed by atoms with Crippen LogP contribution in [0.4, 0.5) is 0 Å². The third-order valence-electron chi connectivity index (χ3n) is 7.60. The molecule has 3 heteroatoms. The van der Waals surface area contributed by atoms with Crippen molar-refractivity contribution in [3.8, 4) is 22.5 Å². The third-order valence-corrected chi connectivity index (χ3v) is 7.60. The Morgan fingerprint density at radius 1 is 0.395 bits per heavy atom. The van der Waals surface area contributed by atoms with Crippen molar-refractivity contribution in [1.82, 2.24) is 14.1 Å². The maximum atomic E-state index is 4.38. The van der Waals surface area contributed by atoms with E-state index < -0.39 is 0 Å². The van der Waals surface area contributed by atoms with Crippen LogP contribution in [-0.4, -0.2) is 14.1 Å². The molecule has 0 radical (unpaired) electrons. The Morgan fingerprint density at radius 2 is 0.974 bits per heavy atom. The Kier molecular flexibility index (Phi) is 4.52. The minimum Gasteiger partial charge on any atom is -0.309 e. The number of para-hydroxylation sites is 3. The van der Waals surface area contributed by atoms with Crippen molar-refractivity contribution in [2.24, 2.45) is 0 Å². The van der Waals surface area contributed by atoms with Crippen LogP contribution < -0.4 is 0 Å². The van der Waals surface area contributed by atoms with Gasteiger partial charge in [0, 0.05) is 33.4 Å². The first kappa shape index (κ1) is 21.0. The molecule has 0 bridgehead atoms. The quantitative estimate of drug-likeness (QED) is 0.245. The van der Waals surface area contributed by atoms with Crippen molar-refractivity contribution < 1.29 is 0 Å². The molecule has 3 nitrogen and oxygen atoms in total. The van der Waals surface area contributed by atoms with Crippen molar-refractivity contribution in [2.45, 2.75) is 0 Å². The highest BCUT2D eigenvalue weighted by atomic mass is 15.0. The van der Waals surface area contributed by atoms with Gasteiger partial charge >= 0.3 is 0 Å². The van der Waals surface area contributed by atoms with Gasteiger partial charge in [-0.25, -0.2) is 0 Å². The second kappa shape index (κ2) is 8.19. The van der Waals surface area contributed by atoms with Crippen LogP contribution >= 0.6 is 0 Å². The zero-order chi connectivity index (χ0) is 25.1. The van der Waals surface area contributed by atoms with Crippen LogP contribution in [0.5, 0.6) is 0 Å². The molecule has 3 heterocycles. The van der Waals surface area contributed by atoms with Gasteiger partial charge in [-0.2, -0.15) is 0 Å². The van der Waals surface area contributed by atoms with Crippen LogP contribution in [0.25, 0.3) is 66.1 Å². The number of hydrogen-bond acceptors (Lipinski definition) is 1. The van der Waals surface area contributed by atoms with Crippen LogP contribution in [0, 0.1) is 0 Å². The molecule has 0 aliphatic carbocycles. The standard InChI is InChI=1S/C35H23N3/c1-2-9-26(10-3-1)37-32-14-6-4-12-28(32)30-18-16-25(22-35(30)37)24-17-19-34-31(21-24)29-13-5-7-15-33(29)38(34)27-11-8-20-36-23-27/h1-23H. The van der Waals surface area contributed by atoms with Crippen molar-refractivity contribution in [3.63, 3.8) is 0 Å². The molecule has 0 aliphatic heterocycles. The van der Waals surface area contributed by atoms with E-state index in [9.17, 15) is 0 Å². The molecule has 8 rings (SSSR count). The number of rotatable bonds is 3. The molecular formula is C35H23N3. The lowest BCUT2D eigenvalue weighted by molar-refractivity contribution is 1.14. The number of benzene rings is 5. The Balaban J connectivity index is 1.38. The summed E-state index contributed by atoms with van der Waals surface area (Å²) in [6, 6.07) is 45.7. The molecule has 0 amide bonds. The van der Waals surface area contributed by atoms with Gasteiger partial charge in [0.1, 0.15) is 0 Å². The smallest absolute Gasteiger partial charge is 0.0645 e. The summed E-state index contributed by atoms with van der Waals surface area (Å²) in [5.41, 5.74) is 9.46. The molecule has 38 heavy (non-hydrogen) atoms. The fourth-order valence-corrected chi connectivity index (χ4v) is 5.92. The van der Waals surface area contributed by atoms with Crippen molar-refractivity contribution in [3.05, 3.63) is 140 Å². The van der Waals surface area contributed by atoms with Gasteiger partial charge < -0.3 is 9.13 Å². The Labute approximate surface area is 219 Å². The fourth-order valence-electron chi connectivity index (χ4n) is 5.92. The summed E-state index contributed by atoms with van der Waals surface area (Å²) in [6.45, 7) is 0.